The lowest BCUT2D eigenvalue weighted by Crippen LogP contribution is -2.25. The highest BCUT2D eigenvalue weighted by atomic mass is 35.5. The predicted octanol–water partition coefficient (Wildman–Crippen LogP) is 4.24. The van der Waals surface area contributed by atoms with E-state index in [0.29, 0.717) is 21.7 Å². The summed E-state index contributed by atoms with van der Waals surface area (Å²) in [6.07, 6.45) is 0. The fourth-order valence-electron chi connectivity index (χ4n) is 2.14. The third-order valence-corrected chi connectivity index (χ3v) is 3.85. The van der Waals surface area contributed by atoms with Crippen molar-refractivity contribution in [2.45, 2.75) is 13.8 Å². The molecule has 0 saturated carbocycles. The van der Waals surface area contributed by atoms with Crippen LogP contribution < -0.4 is 10.7 Å². The number of fused-ring (bicyclic) bond motifs is 1. The molecule has 0 aliphatic heterocycles. The molecule has 0 aliphatic carbocycles. The normalized spacial score (nSPS) is 11.5. The van der Waals surface area contributed by atoms with Gasteiger partial charge in [0.15, 0.2) is 10.9 Å². The van der Waals surface area contributed by atoms with Crippen LogP contribution in [0.25, 0.3) is 11.0 Å². The molecule has 3 N–H and O–H groups in total. The minimum atomic E-state index is 0.414. The summed E-state index contributed by atoms with van der Waals surface area (Å²) in [7, 11) is 0. The third kappa shape index (κ3) is 3.90. The maximum Gasteiger partial charge on any atom is 0.191 e. The smallest absolute Gasteiger partial charge is 0.191 e. The van der Waals surface area contributed by atoms with Gasteiger partial charge in [-0.15, -0.1) is 0 Å². The third-order valence-electron chi connectivity index (χ3n) is 3.42. The summed E-state index contributed by atoms with van der Waals surface area (Å²) in [6, 6.07) is 13.4. The first-order chi connectivity index (χ1) is 11.5. The lowest BCUT2D eigenvalue weighted by molar-refractivity contribution is 1.03. The van der Waals surface area contributed by atoms with Crippen LogP contribution in [-0.4, -0.2) is 20.8 Å². The molecule has 0 atom stereocenters. The van der Waals surface area contributed by atoms with Gasteiger partial charge in [0.05, 0.1) is 11.0 Å². The van der Waals surface area contributed by atoms with Crippen LogP contribution in [0.3, 0.4) is 0 Å². The number of aryl methyl sites for hydroxylation is 1. The second kappa shape index (κ2) is 6.98. The predicted molar refractivity (Wildman–Crippen MR) is 104 cm³/mol. The average Bonchev–Trinajstić information content (AvgIpc) is 2.98. The summed E-state index contributed by atoms with van der Waals surface area (Å²) in [5.41, 5.74) is 7.32. The molecule has 5 nitrogen and oxygen atoms in total. The Bertz CT molecular complexity index is 914. The molecule has 24 heavy (non-hydrogen) atoms. The number of nitrogens with zero attached hydrogens (tertiary/aromatic N) is 2. The molecule has 1 aromatic heterocycles. The summed E-state index contributed by atoms with van der Waals surface area (Å²) in [5, 5.41) is 8.41. The fourth-order valence-corrected chi connectivity index (χ4v) is 2.47. The number of hydrogen-bond acceptors (Lipinski definition) is 3. The highest BCUT2D eigenvalue weighted by molar-refractivity contribution is 7.80. The van der Waals surface area contributed by atoms with Gasteiger partial charge in [0, 0.05) is 10.7 Å². The highest BCUT2D eigenvalue weighted by Gasteiger charge is 2.06. The number of benzene rings is 2. The average molecular weight is 358 g/mol. The van der Waals surface area contributed by atoms with Crippen LogP contribution in [0.4, 0.5) is 5.69 Å². The van der Waals surface area contributed by atoms with Crippen molar-refractivity contribution in [1.82, 2.24) is 15.4 Å². The molecule has 0 saturated heterocycles. The first-order valence-corrected chi connectivity index (χ1v) is 8.13. The number of thiocarbonyl (C=S) groups is 1. The number of hydrazone groups is 1. The number of aromatic nitrogens is 2. The molecule has 0 aliphatic rings. The molecule has 7 heteroatoms. The SMILES string of the molecule is C/C(=N\NC(=S)Nc1ccc(C)cc1)c1nc2ccc(Cl)cc2[nH]1. The van der Waals surface area contributed by atoms with Gasteiger partial charge >= 0.3 is 0 Å². The van der Waals surface area contributed by atoms with Gasteiger partial charge in [-0.3, -0.25) is 5.43 Å². The molecule has 0 radical (unpaired) electrons. The zero-order valence-electron chi connectivity index (χ0n) is 13.2. The molecule has 0 spiro atoms. The Hall–Kier alpha value is -2.44. The topological polar surface area (TPSA) is 65.1 Å². The molecule has 0 unspecified atom stereocenters. The summed E-state index contributed by atoms with van der Waals surface area (Å²) in [5.74, 6) is 0.665. The minimum absolute atomic E-state index is 0.414. The molecular formula is C17H16ClN5S. The van der Waals surface area contributed by atoms with E-state index in [2.05, 4.69) is 25.8 Å². The van der Waals surface area contributed by atoms with E-state index in [9.17, 15) is 0 Å². The van der Waals surface area contributed by atoms with E-state index >= 15 is 0 Å². The van der Waals surface area contributed by atoms with Gasteiger partial charge in [0.25, 0.3) is 0 Å². The molecule has 122 valence electrons. The van der Waals surface area contributed by atoms with Crippen LogP contribution in [0, 0.1) is 6.92 Å². The Balaban J connectivity index is 1.68. The van der Waals surface area contributed by atoms with Crippen LogP contribution in [0.1, 0.15) is 18.3 Å². The van der Waals surface area contributed by atoms with Crippen molar-refractivity contribution in [2.24, 2.45) is 5.10 Å². The molecule has 3 rings (SSSR count). The minimum Gasteiger partial charge on any atom is -0.337 e. The second-order valence-corrected chi connectivity index (χ2v) is 6.22. The quantitative estimate of drug-likeness (QED) is 0.373. The van der Waals surface area contributed by atoms with Gasteiger partial charge in [0.2, 0.25) is 0 Å². The van der Waals surface area contributed by atoms with E-state index < -0.39 is 0 Å². The second-order valence-electron chi connectivity index (χ2n) is 5.38. The van der Waals surface area contributed by atoms with Crippen LogP contribution in [-0.2, 0) is 0 Å². The molecule has 0 fully saturated rings. The standard InChI is InChI=1S/C17H16ClN5S/c1-10-3-6-13(7-4-10)19-17(24)23-22-11(2)16-20-14-8-5-12(18)9-15(14)21-16/h3-9H,1-2H3,(H,20,21)(H2,19,23,24)/b22-11+. The largest absolute Gasteiger partial charge is 0.337 e. The maximum atomic E-state index is 5.98. The van der Waals surface area contributed by atoms with Crippen molar-refractivity contribution in [3.8, 4) is 0 Å². The van der Waals surface area contributed by atoms with Crippen molar-refractivity contribution >= 4 is 51.4 Å². The van der Waals surface area contributed by atoms with Crippen molar-refractivity contribution in [3.63, 3.8) is 0 Å². The lowest BCUT2D eigenvalue weighted by Gasteiger charge is -2.07. The first kappa shape index (κ1) is 16.4. The number of H-pyrrole nitrogens is 1. The van der Waals surface area contributed by atoms with Crippen LogP contribution in [0.15, 0.2) is 47.6 Å². The monoisotopic (exact) mass is 357 g/mol. The van der Waals surface area contributed by atoms with E-state index in [1.54, 1.807) is 6.07 Å². The van der Waals surface area contributed by atoms with E-state index in [-0.39, 0.29) is 0 Å². The van der Waals surface area contributed by atoms with E-state index in [0.717, 1.165) is 16.7 Å². The Morgan fingerprint density at radius 1 is 1.21 bits per heavy atom. The zero-order chi connectivity index (χ0) is 17.1. The molecule has 0 amide bonds. The lowest BCUT2D eigenvalue weighted by atomic mass is 10.2. The van der Waals surface area contributed by atoms with Crippen molar-refractivity contribution < 1.29 is 0 Å². The molecule has 3 aromatic rings. The first-order valence-electron chi connectivity index (χ1n) is 7.35. The Morgan fingerprint density at radius 3 is 2.71 bits per heavy atom. The molecule has 1 heterocycles. The van der Waals surface area contributed by atoms with Gasteiger partial charge in [0.1, 0.15) is 5.71 Å². The number of nitrogens with one attached hydrogen (secondary N) is 3. The Kier molecular flexibility index (Phi) is 4.78. The highest BCUT2D eigenvalue weighted by Crippen LogP contribution is 2.17. The van der Waals surface area contributed by atoms with E-state index in [1.165, 1.54) is 5.56 Å². The number of halogens is 1. The summed E-state index contributed by atoms with van der Waals surface area (Å²) in [6.45, 7) is 3.88. The number of rotatable bonds is 3. The molecule has 2 aromatic carbocycles. The number of aromatic amines is 1. The van der Waals surface area contributed by atoms with E-state index in [4.69, 9.17) is 23.8 Å². The van der Waals surface area contributed by atoms with Crippen molar-refractivity contribution in [2.75, 3.05) is 5.32 Å². The number of hydrogen-bond donors (Lipinski definition) is 3. The number of imidazole rings is 1. The van der Waals surface area contributed by atoms with Gasteiger partial charge in [-0.2, -0.15) is 5.10 Å². The summed E-state index contributed by atoms with van der Waals surface area (Å²) >= 11 is 11.2. The van der Waals surface area contributed by atoms with Crippen LogP contribution >= 0.6 is 23.8 Å². The molecule has 0 bridgehead atoms. The van der Waals surface area contributed by atoms with E-state index in [1.807, 2.05) is 50.2 Å². The van der Waals surface area contributed by atoms with Crippen molar-refractivity contribution in [1.29, 1.82) is 0 Å². The van der Waals surface area contributed by atoms with Crippen LogP contribution in [0.2, 0.25) is 5.02 Å². The summed E-state index contributed by atoms with van der Waals surface area (Å²) < 4.78 is 0. The maximum absolute atomic E-state index is 5.98. The van der Waals surface area contributed by atoms with Crippen LogP contribution in [0.5, 0.6) is 0 Å². The Labute approximate surface area is 150 Å². The fraction of sp³-hybridized carbons (Fsp3) is 0.118. The van der Waals surface area contributed by atoms with Gasteiger partial charge < -0.3 is 10.3 Å². The van der Waals surface area contributed by atoms with Gasteiger partial charge in [-0.05, 0) is 56.4 Å². The molecular weight excluding hydrogens is 342 g/mol. The van der Waals surface area contributed by atoms with Gasteiger partial charge in [-0.1, -0.05) is 29.3 Å². The summed E-state index contributed by atoms with van der Waals surface area (Å²) in [4.78, 5) is 7.66. The van der Waals surface area contributed by atoms with Gasteiger partial charge in [-0.25, -0.2) is 4.98 Å². The zero-order valence-corrected chi connectivity index (χ0v) is 14.8. The Morgan fingerprint density at radius 2 is 1.96 bits per heavy atom. The number of anilines is 1. The van der Waals surface area contributed by atoms with Crippen molar-refractivity contribution in [3.05, 3.63) is 58.9 Å².